The summed E-state index contributed by atoms with van der Waals surface area (Å²) in [6.45, 7) is 5.42. The first-order valence-corrected chi connectivity index (χ1v) is 3.58. The number of allylic oxidation sites excluding steroid dienone is 3. The largest absolute Gasteiger partial charge is 0.394 e. The third-order valence-corrected chi connectivity index (χ3v) is 1.29. The van der Waals surface area contributed by atoms with E-state index in [0.29, 0.717) is 0 Å². The van der Waals surface area contributed by atoms with Crippen molar-refractivity contribution in [3.63, 3.8) is 0 Å². The number of hydrogen-bond acceptors (Lipinski definition) is 2. The second-order valence-corrected chi connectivity index (χ2v) is 2.19. The molecule has 0 saturated heterocycles. The van der Waals surface area contributed by atoms with Gasteiger partial charge in [-0.2, -0.15) is 0 Å². The Bertz CT molecular complexity index is 170. The zero-order chi connectivity index (χ0) is 8.69. The van der Waals surface area contributed by atoms with Crippen molar-refractivity contribution in [3.05, 3.63) is 36.5 Å². The van der Waals surface area contributed by atoms with Crippen LogP contribution in [0.25, 0.3) is 0 Å². The molecule has 0 fully saturated rings. The van der Waals surface area contributed by atoms with Crippen molar-refractivity contribution in [1.29, 1.82) is 0 Å². The van der Waals surface area contributed by atoms with Crippen LogP contribution in [0.4, 0.5) is 0 Å². The summed E-state index contributed by atoms with van der Waals surface area (Å²) in [5.41, 5.74) is 6.47. The van der Waals surface area contributed by atoms with Crippen LogP contribution in [-0.4, -0.2) is 17.8 Å². The maximum atomic E-state index is 8.72. The van der Waals surface area contributed by atoms with E-state index in [4.69, 9.17) is 10.8 Å². The minimum atomic E-state index is -0.302. The van der Waals surface area contributed by atoms with Crippen molar-refractivity contribution < 1.29 is 5.11 Å². The van der Waals surface area contributed by atoms with Crippen LogP contribution in [0.1, 0.15) is 6.92 Å². The van der Waals surface area contributed by atoms with E-state index in [2.05, 4.69) is 6.58 Å². The van der Waals surface area contributed by atoms with Crippen LogP contribution < -0.4 is 5.73 Å². The van der Waals surface area contributed by atoms with Gasteiger partial charge in [0.15, 0.2) is 0 Å². The fourth-order valence-electron chi connectivity index (χ4n) is 0.737. The maximum Gasteiger partial charge on any atom is 0.0624 e. The molecule has 0 aliphatic carbocycles. The molecule has 2 nitrogen and oxygen atoms in total. The highest BCUT2D eigenvalue weighted by molar-refractivity contribution is 5.27. The van der Waals surface area contributed by atoms with Crippen molar-refractivity contribution in [2.24, 2.45) is 5.73 Å². The topological polar surface area (TPSA) is 46.2 Å². The number of nitrogens with two attached hydrogens (primary N) is 1. The van der Waals surface area contributed by atoms with Gasteiger partial charge in [0.1, 0.15) is 0 Å². The summed E-state index contributed by atoms with van der Waals surface area (Å²) in [6.07, 6.45) is 7.19. The number of hydrogen-bond donors (Lipinski definition) is 2. The fraction of sp³-hybridized carbons (Fsp3) is 0.333. The molecule has 11 heavy (non-hydrogen) atoms. The summed E-state index contributed by atoms with van der Waals surface area (Å²) < 4.78 is 0. The molecule has 1 atom stereocenters. The maximum absolute atomic E-state index is 8.72. The standard InChI is InChI=1S/C9H15NO/c1-3-5-8(6-4-2)9(10)7-11/h3-6,9,11H,1,7,10H2,2H3/b6-4-,8-5+. The van der Waals surface area contributed by atoms with Crippen LogP contribution >= 0.6 is 0 Å². The van der Waals surface area contributed by atoms with Crippen molar-refractivity contribution in [2.45, 2.75) is 13.0 Å². The summed E-state index contributed by atoms with van der Waals surface area (Å²) in [6, 6.07) is -0.302. The van der Waals surface area contributed by atoms with Gasteiger partial charge in [0.2, 0.25) is 0 Å². The highest BCUT2D eigenvalue weighted by Gasteiger charge is 2.01. The average Bonchev–Trinajstić information content (AvgIpc) is 2.03. The van der Waals surface area contributed by atoms with Crippen molar-refractivity contribution in [3.8, 4) is 0 Å². The highest BCUT2D eigenvalue weighted by Crippen LogP contribution is 2.01. The Morgan fingerprint density at radius 1 is 1.73 bits per heavy atom. The lowest BCUT2D eigenvalue weighted by Gasteiger charge is -2.07. The normalized spacial score (nSPS) is 15.4. The van der Waals surface area contributed by atoms with E-state index >= 15 is 0 Å². The molecule has 0 heterocycles. The summed E-state index contributed by atoms with van der Waals surface area (Å²) >= 11 is 0. The van der Waals surface area contributed by atoms with E-state index in [1.807, 2.05) is 19.1 Å². The molecule has 1 unspecified atom stereocenters. The molecule has 62 valence electrons. The average molecular weight is 153 g/mol. The van der Waals surface area contributed by atoms with Gasteiger partial charge in [-0.1, -0.05) is 30.9 Å². The Morgan fingerprint density at radius 2 is 2.36 bits per heavy atom. The summed E-state index contributed by atoms with van der Waals surface area (Å²) in [7, 11) is 0. The van der Waals surface area contributed by atoms with E-state index in [1.54, 1.807) is 12.2 Å². The van der Waals surface area contributed by atoms with Crippen LogP contribution in [0.5, 0.6) is 0 Å². The van der Waals surface area contributed by atoms with Crippen LogP contribution in [0.15, 0.2) is 36.5 Å². The van der Waals surface area contributed by atoms with Crippen LogP contribution in [0.2, 0.25) is 0 Å². The monoisotopic (exact) mass is 153 g/mol. The first-order valence-electron chi connectivity index (χ1n) is 3.58. The molecule has 0 amide bonds. The Kier molecular flexibility index (Phi) is 5.43. The van der Waals surface area contributed by atoms with Gasteiger partial charge in [-0.15, -0.1) is 0 Å². The summed E-state index contributed by atoms with van der Waals surface area (Å²) in [4.78, 5) is 0. The van der Waals surface area contributed by atoms with Gasteiger partial charge in [-0.05, 0) is 12.5 Å². The predicted octanol–water partition coefficient (Wildman–Crippen LogP) is 0.994. The second-order valence-electron chi connectivity index (χ2n) is 2.19. The molecular formula is C9H15NO. The van der Waals surface area contributed by atoms with E-state index < -0.39 is 0 Å². The molecule has 3 N–H and O–H groups in total. The lowest BCUT2D eigenvalue weighted by Crippen LogP contribution is -2.25. The van der Waals surface area contributed by atoms with E-state index in [-0.39, 0.29) is 12.6 Å². The van der Waals surface area contributed by atoms with Crippen molar-refractivity contribution in [1.82, 2.24) is 0 Å². The van der Waals surface area contributed by atoms with Gasteiger partial charge in [0.25, 0.3) is 0 Å². The smallest absolute Gasteiger partial charge is 0.0624 e. The van der Waals surface area contributed by atoms with Crippen molar-refractivity contribution in [2.75, 3.05) is 6.61 Å². The molecule has 0 bridgehead atoms. The van der Waals surface area contributed by atoms with Gasteiger partial charge >= 0.3 is 0 Å². The molecule has 0 aromatic rings. The fourth-order valence-corrected chi connectivity index (χ4v) is 0.737. The minimum absolute atomic E-state index is 0.0377. The van der Waals surface area contributed by atoms with Crippen molar-refractivity contribution >= 4 is 0 Å². The molecular weight excluding hydrogens is 138 g/mol. The zero-order valence-electron chi connectivity index (χ0n) is 6.83. The summed E-state index contributed by atoms with van der Waals surface area (Å²) in [5.74, 6) is 0. The minimum Gasteiger partial charge on any atom is -0.394 e. The molecule has 2 heteroatoms. The first-order chi connectivity index (χ1) is 5.26. The molecule has 0 rings (SSSR count). The van der Waals surface area contributed by atoms with Gasteiger partial charge in [0, 0.05) is 0 Å². The molecule has 0 aliphatic heterocycles. The van der Waals surface area contributed by atoms with Crippen LogP contribution in [0.3, 0.4) is 0 Å². The molecule has 0 aromatic heterocycles. The second kappa shape index (κ2) is 5.89. The number of rotatable bonds is 4. The Hall–Kier alpha value is -0.860. The summed E-state index contributed by atoms with van der Waals surface area (Å²) in [5, 5.41) is 8.72. The SMILES string of the molecule is C=C/C=C(\C=C/C)C(N)CO. The quantitative estimate of drug-likeness (QED) is 0.592. The van der Waals surface area contributed by atoms with Gasteiger partial charge in [0.05, 0.1) is 12.6 Å². The number of aliphatic hydroxyl groups excluding tert-OH is 1. The van der Waals surface area contributed by atoms with Crippen LogP contribution in [0, 0.1) is 0 Å². The van der Waals surface area contributed by atoms with Crippen LogP contribution in [-0.2, 0) is 0 Å². The van der Waals surface area contributed by atoms with Gasteiger partial charge < -0.3 is 10.8 Å². The van der Waals surface area contributed by atoms with Gasteiger partial charge in [-0.3, -0.25) is 0 Å². The van der Waals surface area contributed by atoms with Gasteiger partial charge in [-0.25, -0.2) is 0 Å². The molecule has 0 aromatic carbocycles. The Labute approximate surface area is 67.7 Å². The zero-order valence-corrected chi connectivity index (χ0v) is 6.83. The molecule has 0 saturated carbocycles. The van der Waals surface area contributed by atoms with E-state index in [1.165, 1.54) is 0 Å². The van der Waals surface area contributed by atoms with E-state index in [0.717, 1.165) is 5.57 Å². The first kappa shape index (κ1) is 10.1. The Balaban J connectivity index is 4.32. The predicted molar refractivity (Wildman–Crippen MR) is 48.2 cm³/mol. The lowest BCUT2D eigenvalue weighted by molar-refractivity contribution is 0.281. The molecule has 0 aliphatic rings. The molecule has 0 radical (unpaired) electrons. The third-order valence-electron chi connectivity index (χ3n) is 1.29. The third kappa shape index (κ3) is 3.75. The molecule has 0 spiro atoms. The number of aliphatic hydroxyl groups is 1. The lowest BCUT2D eigenvalue weighted by atomic mass is 10.1. The Morgan fingerprint density at radius 3 is 2.73 bits per heavy atom. The van der Waals surface area contributed by atoms with E-state index in [9.17, 15) is 0 Å². The highest BCUT2D eigenvalue weighted by atomic mass is 16.3.